The molecule has 5 heteroatoms. The van der Waals surface area contributed by atoms with Crippen molar-refractivity contribution >= 4 is 27.3 Å². The van der Waals surface area contributed by atoms with Crippen LogP contribution < -0.4 is 4.74 Å². The third kappa shape index (κ3) is 2.18. The van der Waals surface area contributed by atoms with Crippen LogP contribution in [0.15, 0.2) is 27.5 Å². The van der Waals surface area contributed by atoms with E-state index in [9.17, 15) is 4.39 Å². The van der Waals surface area contributed by atoms with E-state index < -0.39 is 0 Å². The van der Waals surface area contributed by atoms with Gasteiger partial charge in [-0.2, -0.15) is 0 Å². The summed E-state index contributed by atoms with van der Waals surface area (Å²) in [6.45, 7) is 0. The van der Waals surface area contributed by atoms with Crippen LogP contribution in [0.2, 0.25) is 0 Å². The van der Waals surface area contributed by atoms with Crippen molar-refractivity contribution in [2.24, 2.45) is 0 Å². The molecule has 0 fully saturated rings. The molecule has 0 radical (unpaired) electrons. The highest BCUT2D eigenvalue weighted by Gasteiger charge is 2.09. The molecule has 0 N–H and O–H groups in total. The lowest BCUT2D eigenvalue weighted by molar-refractivity contribution is 0.413. The van der Waals surface area contributed by atoms with E-state index in [1.807, 2.05) is 5.38 Å². The van der Waals surface area contributed by atoms with Crippen molar-refractivity contribution in [2.45, 2.75) is 0 Å². The molecule has 0 saturated heterocycles. The van der Waals surface area contributed by atoms with Crippen molar-refractivity contribution in [1.82, 2.24) is 4.98 Å². The Morgan fingerprint density at radius 1 is 1.47 bits per heavy atom. The van der Waals surface area contributed by atoms with Gasteiger partial charge in [0, 0.05) is 17.0 Å². The first-order valence-corrected chi connectivity index (χ1v) is 5.83. The summed E-state index contributed by atoms with van der Waals surface area (Å²) in [6, 6.07) is 4.41. The van der Waals surface area contributed by atoms with Gasteiger partial charge in [-0.3, -0.25) is 0 Å². The Balaban J connectivity index is 2.52. The molecule has 0 aliphatic carbocycles. The van der Waals surface area contributed by atoms with Crippen molar-refractivity contribution in [3.05, 3.63) is 33.3 Å². The number of hydrogen-bond donors (Lipinski definition) is 0. The van der Waals surface area contributed by atoms with E-state index in [1.165, 1.54) is 30.6 Å². The summed E-state index contributed by atoms with van der Waals surface area (Å²) in [6.07, 6.45) is 0. The van der Waals surface area contributed by atoms with Crippen LogP contribution in [-0.4, -0.2) is 12.1 Å². The molecule has 1 aromatic carbocycles. The minimum Gasteiger partial charge on any atom is -0.496 e. The summed E-state index contributed by atoms with van der Waals surface area (Å²) in [5.41, 5.74) is 1.57. The Labute approximate surface area is 98.9 Å². The van der Waals surface area contributed by atoms with Crippen molar-refractivity contribution < 1.29 is 9.13 Å². The molecule has 2 aromatic rings. The van der Waals surface area contributed by atoms with Gasteiger partial charge >= 0.3 is 0 Å². The Morgan fingerprint density at radius 3 is 2.87 bits per heavy atom. The van der Waals surface area contributed by atoms with Gasteiger partial charge in [-0.25, -0.2) is 9.37 Å². The van der Waals surface area contributed by atoms with Crippen molar-refractivity contribution in [3.8, 4) is 17.0 Å². The van der Waals surface area contributed by atoms with Crippen LogP contribution in [0.5, 0.6) is 5.75 Å². The molecule has 0 saturated carbocycles. The number of ether oxygens (including phenoxy) is 1. The normalized spacial score (nSPS) is 10.3. The smallest absolute Gasteiger partial charge is 0.159 e. The molecule has 78 valence electrons. The largest absolute Gasteiger partial charge is 0.496 e. The fourth-order valence-corrected chi connectivity index (χ4v) is 2.26. The molecule has 15 heavy (non-hydrogen) atoms. The second-order valence-corrected chi connectivity index (χ2v) is 4.96. The average Bonchev–Trinajstić information content (AvgIpc) is 2.64. The number of thiazole rings is 1. The standard InChI is InChI=1S/C10H7BrFNOS/c1-14-9-4-6(12)2-3-7(9)8-5-15-10(11)13-8/h2-5H,1H3. The number of hydrogen-bond acceptors (Lipinski definition) is 3. The first-order valence-electron chi connectivity index (χ1n) is 4.15. The summed E-state index contributed by atoms with van der Waals surface area (Å²) >= 11 is 4.76. The molecule has 1 heterocycles. The number of methoxy groups -OCH3 is 1. The molecular weight excluding hydrogens is 281 g/mol. The zero-order valence-corrected chi connectivity index (χ0v) is 10.2. The van der Waals surface area contributed by atoms with Gasteiger partial charge < -0.3 is 4.74 Å². The third-order valence-electron chi connectivity index (χ3n) is 1.92. The van der Waals surface area contributed by atoms with Gasteiger partial charge in [0.2, 0.25) is 0 Å². The highest BCUT2D eigenvalue weighted by Crippen LogP contribution is 2.32. The van der Waals surface area contributed by atoms with E-state index >= 15 is 0 Å². The van der Waals surface area contributed by atoms with E-state index in [4.69, 9.17) is 4.74 Å². The van der Waals surface area contributed by atoms with Crippen LogP contribution in [0, 0.1) is 5.82 Å². The van der Waals surface area contributed by atoms with Crippen molar-refractivity contribution in [1.29, 1.82) is 0 Å². The highest BCUT2D eigenvalue weighted by molar-refractivity contribution is 9.11. The Hall–Kier alpha value is -0.940. The van der Waals surface area contributed by atoms with E-state index in [2.05, 4.69) is 20.9 Å². The van der Waals surface area contributed by atoms with Crippen molar-refractivity contribution in [3.63, 3.8) is 0 Å². The minimum absolute atomic E-state index is 0.315. The molecule has 0 spiro atoms. The first-order chi connectivity index (χ1) is 7.20. The van der Waals surface area contributed by atoms with Crippen LogP contribution in [0.25, 0.3) is 11.3 Å². The van der Waals surface area contributed by atoms with Gasteiger partial charge in [-0.05, 0) is 28.1 Å². The summed E-state index contributed by atoms with van der Waals surface area (Å²) in [7, 11) is 1.51. The molecule has 2 nitrogen and oxygen atoms in total. The monoisotopic (exact) mass is 287 g/mol. The van der Waals surface area contributed by atoms with Gasteiger partial charge in [-0.1, -0.05) is 0 Å². The maximum atomic E-state index is 12.9. The fourth-order valence-electron chi connectivity index (χ4n) is 1.25. The van der Waals surface area contributed by atoms with Gasteiger partial charge in [0.15, 0.2) is 3.92 Å². The minimum atomic E-state index is -0.315. The fraction of sp³-hybridized carbons (Fsp3) is 0.100. The van der Waals surface area contributed by atoms with Crippen LogP contribution in [-0.2, 0) is 0 Å². The highest BCUT2D eigenvalue weighted by atomic mass is 79.9. The van der Waals surface area contributed by atoms with Gasteiger partial charge in [0.05, 0.1) is 12.8 Å². The van der Waals surface area contributed by atoms with Crippen LogP contribution in [0.1, 0.15) is 0 Å². The molecular formula is C10H7BrFNOS. The maximum Gasteiger partial charge on any atom is 0.159 e. The summed E-state index contributed by atoms with van der Waals surface area (Å²) < 4.78 is 18.8. The molecule has 0 atom stereocenters. The zero-order chi connectivity index (χ0) is 10.8. The molecule has 2 rings (SSSR count). The van der Waals surface area contributed by atoms with Gasteiger partial charge in [-0.15, -0.1) is 11.3 Å². The number of benzene rings is 1. The van der Waals surface area contributed by atoms with Crippen LogP contribution in [0.3, 0.4) is 0 Å². The predicted molar refractivity (Wildman–Crippen MR) is 61.8 cm³/mol. The predicted octanol–water partition coefficient (Wildman–Crippen LogP) is 3.72. The first kappa shape index (κ1) is 10.6. The van der Waals surface area contributed by atoms with E-state index in [0.717, 1.165) is 15.2 Å². The van der Waals surface area contributed by atoms with E-state index in [0.29, 0.717) is 5.75 Å². The van der Waals surface area contributed by atoms with Gasteiger partial charge in [0.1, 0.15) is 11.6 Å². The second-order valence-electron chi connectivity index (χ2n) is 2.83. The number of halogens is 2. The molecule has 1 aromatic heterocycles. The van der Waals surface area contributed by atoms with E-state index in [-0.39, 0.29) is 5.82 Å². The summed E-state index contributed by atoms with van der Waals surface area (Å²) in [4.78, 5) is 4.25. The zero-order valence-electron chi connectivity index (χ0n) is 7.83. The molecule has 0 aliphatic rings. The topological polar surface area (TPSA) is 22.1 Å². The average molecular weight is 288 g/mol. The van der Waals surface area contributed by atoms with Gasteiger partial charge in [0.25, 0.3) is 0 Å². The summed E-state index contributed by atoms with van der Waals surface area (Å²) in [5.74, 6) is 0.178. The second kappa shape index (κ2) is 4.28. The number of nitrogens with zero attached hydrogens (tertiary/aromatic N) is 1. The third-order valence-corrected chi connectivity index (χ3v) is 3.28. The summed E-state index contributed by atoms with van der Waals surface area (Å²) in [5, 5.41) is 1.89. The lowest BCUT2D eigenvalue weighted by atomic mass is 10.1. The maximum absolute atomic E-state index is 12.9. The molecule has 0 aliphatic heterocycles. The van der Waals surface area contributed by atoms with Crippen LogP contribution in [0.4, 0.5) is 4.39 Å². The molecule has 0 unspecified atom stereocenters. The molecule has 0 bridgehead atoms. The van der Waals surface area contributed by atoms with E-state index in [1.54, 1.807) is 6.07 Å². The SMILES string of the molecule is COc1cc(F)ccc1-c1csc(Br)n1. The van der Waals surface area contributed by atoms with Crippen molar-refractivity contribution in [2.75, 3.05) is 7.11 Å². The number of aromatic nitrogens is 1. The molecule has 0 amide bonds. The lowest BCUT2D eigenvalue weighted by Crippen LogP contribution is -1.89. The Kier molecular flexibility index (Phi) is 3.02. The number of rotatable bonds is 2. The lowest BCUT2D eigenvalue weighted by Gasteiger charge is -2.05. The van der Waals surface area contributed by atoms with Crippen LogP contribution >= 0.6 is 27.3 Å². The Morgan fingerprint density at radius 2 is 2.27 bits per heavy atom. The Bertz CT molecular complexity index is 486. The quantitative estimate of drug-likeness (QED) is 0.840.